The summed E-state index contributed by atoms with van der Waals surface area (Å²) in [6.07, 6.45) is 12.6. The largest absolute Gasteiger partial charge is 0.354 e. The first-order valence-electron chi connectivity index (χ1n) is 10.5. The van der Waals surface area contributed by atoms with E-state index in [9.17, 15) is 0 Å². The number of hydrogen-bond acceptors (Lipinski definition) is 7. The van der Waals surface area contributed by atoms with Crippen LogP contribution in [-0.4, -0.2) is 30.4 Å². The number of imidazole rings is 1. The number of aromatic nitrogens is 5. The van der Waals surface area contributed by atoms with E-state index in [4.69, 9.17) is 16.5 Å². The molecule has 31 heavy (non-hydrogen) atoms. The molecule has 1 aliphatic rings. The van der Waals surface area contributed by atoms with E-state index in [2.05, 4.69) is 20.3 Å². The summed E-state index contributed by atoms with van der Waals surface area (Å²) in [6, 6.07) is 8.06. The van der Waals surface area contributed by atoms with Crippen LogP contribution in [0.15, 0.2) is 55.2 Å². The third kappa shape index (κ3) is 3.75. The fraction of sp³-hybridized carbons (Fsp3) is 0.304. The van der Waals surface area contributed by atoms with Gasteiger partial charge < -0.3 is 16.8 Å². The Morgan fingerprint density at radius 3 is 2.58 bits per heavy atom. The number of rotatable bonds is 4. The van der Waals surface area contributed by atoms with Gasteiger partial charge in [-0.25, -0.2) is 15.0 Å². The number of nitrogens with two attached hydrogens (primary N) is 2. The smallest absolute Gasteiger partial charge is 0.148 e. The molecule has 5 N–H and O–H groups in total. The van der Waals surface area contributed by atoms with Gasteiger partial charge in [0, 0.05) is 36.5 Å². The van der Waals surface area contributed by atoms with E-state index in [1.807, 2.05) is 54.2 Å². The van der Waals surface area contributed by atoms with Crippen LogP contribution in [0.2, 0.25) is 0 Å². The summed E-state index contributed by atoms with van der Waals surface area (Å²) in [5.74, 6) is 0.681. The molecule has 0 amide bonds. The molecule has 0 saturated heterocycles. The van der Waals surface area contributed by atoms with Gasteiger partial charge in [0.1, 0.15) is 11.5 Å². The number of fused-ring (bicyclic) bond motifs is 1. The van der Waals surface area contributed by atoms with E-state index in [1.165, 1.54) is 0 Å². The maximum absolute atomic E-state index is 6.72. The fourth-order valence-corrected chi connectivity index (χ4v) is 4.15. The molecular formula is C23H26N8. The van der Waals surface area contributed by atoms with E-state index in [0.29, 0.717) is 5.82 Å². The summed E-state index contributed by atoms with van der Waals surface area (Å²) in [6.45, 7) is 2.01. The molecule has 0 radical (unpaired) electrons. The second kappa shape index (κ2) is 7.72. The minimum absolute atomic E-state index is 0.215. The van der Waals surface area contributed by atoms with Crippen molar-refractivity contribution in [2.75, 3.05) is 5.32 Å². The van der Waals surface area contributed by atoms with Gasteiger partial charge in [0.15, 0.2) is 0 Å². The Balaban J connectivity index is 1.54. The molecule has 0 spiro atoms. The van der Waals surface area contributed by atoms with Crippen molar-refractivity contribution in [2.45, 2.75) is 44.2 Å². The highest BCUT2D eigenvalue weighted by Gasteiger charge is 2.35. The first kappa shape index (κ1) is 19.6. The van der Waals surface area contributed by atoms with Crippen molar-refractivity contribution in [3.63, 3.8) is 0 Å². The van der Waals surface area contributed by atoms with Gasteiger partial charge in [-0.15, -0.1) is 0 Å². The Hall–Kier alpha value is -3.36. The Labute approximate surface area is 180 Å². The first-order chi connectivity index (χ1) is 15.0. The van der Waals surface area contributed by atoms with E-state index in [1.54, 1.807) is 12.4 Å². The van der Waals surface area contributed by atoms with Crippen molar-refractivity contribution < 1.29 is 0 Å². The second-order valence-corrected chi connectivity index (χ2v) is 8.37. The highest BCUT2D eigenvalue weighted by molar-refractivity contribution is 5.67. The molecule has 1 aliphatic carbocycles. The van der Waals surface area contributed by atoms with Crippen LogP contribution in [0.5, 0.6) is 0 Å². The third-order valence-corrected chi connectivity index (χ3v) is 6.06. The van der Waals surface area contributed by atoms with E-state index in [0.717, 1.165) is 59.7 Å². The zero-order valence-electron chi connectivity index (χ0n) is 17.5. The van der Waals surface area contributed by atoms with Gasteiger partial charge in [0.05, 0.1) is 28.8 Å². The summed E-state index contributed by atoms with van der Waals surface area (Å²) in [4.78, 5) is 18.2. The number of aryl methyl sites for hydroxylation is 1. The maximum atomic E-state index is 6.72. The van der Waals surface area contributed by atoms with Gasteiger partial charge in [-0.05, 0) is 62.4 Å². The van der Waals surface area contributed by atoms with Gasteiger partial charge in [-0.2, -0.15) is 0 Å². The number of nitrogens with zero attached hydrogens (tertiary/aromatic N) is 5. The summed E-state index contributed by atoms with van der Waals surface area (Å²) in [7, 11) is 0. The van der Waals surface area contributed by atoms with Crippen molar-refractivity contribution in [2.24, 2.45) is 11.5 Å². The number of anilines is 2. The number of nitrogens with one attached hydrogen (secondary N) is 1. The summed E-state index contributed by atoms with van der Waals surface area (Å²) in [5.41, 5.74) is 17.8. The minimum atomic E-state index is -0.535. The van der Waals surface area contributed by atoms with Crippen molar-refractivity contribution in [3.8, 4) is 11.4 Å². The Morgan fingerprint density at radius 2 is 1.81 bits per heavy atom. The zero-order valence-corrected chi connectivity index (χ0v) is 17.5. The maximum Gasteiger partial charge on any atom is 0.148 e. The van der Waals surface area contributed by atoms with Crippen LogP contribution in [0.3, 0.4) is 0 Å². The first-order valence-corrected chi connectivity index (χ1v) is 10.5. The fourth-order valence-electron chi connectivity index (χ4n) is 4.15. The van der Waals surface area contributed by atoms with Gasteiger partial charge in [0.25, 0.3) is 0 Å². The Bertz CT molecular complexity index is 1210. The molecular weight excluding hydrogens is 388 g/mol. The zero-order chi connectivity index (χ0) is 21.4. The van der Waals surface area contributed by atoms with Gasteiger partial charge >= 0.3 is 0 Å². The normalized spacial score (nSPS) is 21.3. The molecule has 0 atom stereocenters. The van der Waals surface area contributed by atoms with E-state index >= 15 is 0 Å². The van der Waals surface area contributed by atoms with E-state index < -0.39 is 5.54 Å². The van der Waals surface area contributed by atoms with Crippen molar-refractivity contribution in [1.82, 2.24) is 24.3 Å². The molecule has 158 valence electrons. The molecule has 1 saturated carbocycles. The predicted octanol–water partition coefficient (Wildman–Crippen LogP) is 3.29. The lowest BCUT2D eigenvalue weighted by molar-refractivity contribution is 0.264. The van der Waals surface area contributed by atoms with Crippen molar-refractivity contribution in [1.29, 1.82) is 0 Å². The van der Waals surface area contributed by atoms with Crippen LogP contribution < -0.4 is 16.8 Å². The molecule has 8 nitrogen and oxygen atoms in total. The second-order valence-electron chi connectivity index (χ2n) is 8.37. The summed E-state index contributed by atoms with van der Waals surface area (Å²) >= 11 is 0. The average molecular weight is 415 g/mol. The molecule has 0 unspecified atom stereocenters. The van der Waals surface area contributed by atoms with Crippen LogP contribution in [0.1, 0.15) is 37.1 Å². The standard InChI is InChI=1S/C23H26N8/c1-15-12-28-22(23(25)8-4-16(24)5-9-23)30-21(15)19-13-27-20-3-2-18(14-31(19)20)29-17-6-10-26-11-7-17/h2-3,6-7,10-14,16H,4-5,8-9,24-25H2,1H3,(H,26,29). The Kier molecular flexibility index (Phi) is 4.88. The molecule has 5 rings (SSSR count). The minimum Gasteiger partial charge on any atom is -0.354 e. The average Bonchev–Trinajstić information content (AvgIpc) is 3.20. The lowest BCUT2D eigenvalue weighted by Gasteiger charge is -2.34. The molecule has 4 aromatic heterocycles. The topological polar surface area (TPSA) is 120 Å². The lowest BCUT2D eigenvalue weighted by Crippen LogP contribution is -2.45. The van der Waals surface area contributed by atoms with Crippen molar-refractivity contribution in [3.05, 3.63) is 66.6 Å². The van der Waals surface area contributed by atoms with Crippen LogP contribution in [0.25, 0.3) is 17.0 Å². The molecule has 8 heteroatoms. The molecule has 4 aromatic rings. The SMILES string of the molecule is Cc1cnc(C2(N)CCC(N)CC2)nc1-c1cnc2ccc(Nc3ccncc3)cn12. The summed E-state index contributed by atoms with van der Waals surface area (Å²) in [5, 5.41) is 3.40. The predicted molar refractivity (Wildman–Crippen MR) is 121 cm³/mol. The number of hydrogen-bond donors (Lipinski definition) is 3. The van der Waals surface area contributed by atoms with Crippen molar-refractivity contribution >= 4 is 17.0 Å². The molecule has 0 bridgehead atoms. The van der Waals surface area contributed by atoms with Gasteiger partial charge in [-0.3, -0.25) is 9.38 Å². The lowest BCUT2D eigenvalue weighted by atomic mass is 9.79. The molecule has 1 fully saturated rings. The molecule has 0 aromatic carbocycles. The number of pyridine rings is 2. The molecule has 4 heterocycles. The van der Waals surface area contributed by atoms with Crippen LogP contribution in [-0.2, 0) is 5.54 Å². The van der Waals surface area contributed by atoms with Crippen LogP contribution in [0, 0.1) is 6.92 Å². The summed E-state index contributed by atoms with van der Waals surface area (Å²) < 4.78 is 2.04. The van der Waals surface area contributed by atoms with E-state index in [-0.39, 0.29) is 6.04 Å². The van der Waals surface area contributed by atoms with Crippen LogP contribution >= 0.6 is 0 Å². The monoisotopic (exact) mass is 414 g/mol. The Morgan fingerprint density at radius 1 is 1.03 bits per heavy atom. The van der Waals surface area contributed by atoms with Gasteiger partial charge in [-0.1, -0.05) is 0 Å². The third-order valence-electron chi connectivity index (χ3n) is 6.06. The van der Waals surface area contributed by atoms with Gasteiger partial charge in [0.2, 0.25) is 0 Å². The highest BCUT2D eigenvalue weighted by Crippen LogP contribution is 2.34. The van der Waals surface area contributed by atoms with Crippen LogP contribution in [0.4, 0.5) is 11.4 Å². The highest BCUT2D eigenvalue weighted by atomic mass is 15.1. The molecule has 0 aliphatic heterocycles. The quantitative estimate of drug-likeness (QED) is 0.468.